The van der Waals surface area contributed by atoms with Gasteiger partial charge in [-0.25, -0.2) is 0 Å². The molecule has 6 heteroatoms. The number of hydrogen-bond donors (Lipinski definition) is 1. The summed E-state index contributed by atoms with van der Waals surface area (Å²) in [5.74, 6) is -0.218. The number of nitrogens with two attached hydrogens (primary N) is 1. The molecule has 0 aromatic heterocycles. The Labute approximate surface area is 123 Å². The molecule has 0 heterocycles. The zero-order chi connectivity index (χ0) is 15.6. The van der Waals surface area contributed by atoms with E-state index >= 15 is 0 Å². The molecule has 1 amide bonds. The van der Waals surface area contributed by atoms with Crippen LogP contribution in [0.25, 0.3) is 0 Å². The number of nitrogens with zero attached hydrogens (tertiary/aromatic N) is 2. The summed E-state index contributed by atoms with van der Waals surface area (Å²) in [7, 11) is 1.71. The Balaban J connectivity index is 2.13. The summed E-state index contributed by atoms with van der Waals surface area (Å²) in [6.45, 7) is 1.86. The first-order chi connectivity index (χ1) is 9.90. The van der Waals surface area contributed by atoms with Crippen LogP contribution in [0.1, 0.15) is 24.9 Å². The maximum absolute atomic E-state index is 12.4. The van der Waals surface area contributed by atoms with Gasteiger partial charge in [-0.2, -0.15) is 0 Å². The van der Waals surface area contributed by atoms with Gasteiger partial charge in [0.1, 0.15) is 0 Å². The molecule has 21 heavy (non-hydrogen) atoms. The van der Waals surface area contributed by atoms with Crippen molar-refractivity contribution in [1.29, 1.82) is 0 Å². The van der Waals surface area contributed by atoms with E-state index in [1.165, 1.54) is 12.1 Å². The predicted molar refractivity (Wildman–Crippen MR) is 79.5 cm³/mol. The second-order valence-corrected chi connectivity index (χ2v) is 5.37. The lowest BCUT2D eigenvalue weighted by Crippen LogP contribution is -2.34. The predicted octanol–water partition coefficient (Wildman–Crippen LogP) is 2.02. The average Bonchev–Trinajstić information content (AvgIpc) is 2.91. The summed E-state index contributed by atoms with van der Waals surface area (Å²) in [5.41, 5.74) is 6.54. The Kier molecular flexibility index (Phi) is 4.37. The fourth-order valence-corrected chi connectivity index (χ4v) is 2.48. The van der Waals surface area contributed by atoms with E-state index in [4.69, 9.17) is 5.73 Å². The first-order valence-corrected chi connectivity index (χ1v) is 6.85. The lowest BCUT2D eigenvalue weighted by atomic mass is 10.0. The van der Waals surface area contributed by atoms with Crippen molar-refractivity contribution in [3.05, 3.63) is 52.1 Å². The molecule has 2 N–H and O–H groups in total. The van der Waals surface area contributed by atoms with E-state index in [9.17, 15) is 14.9 Å². The van der Waals surface area contributed by atoms with Crippen molar-refractivity contribution in [2.24, 2.45) is 11.7 Å². The molecular formula is C15H19N3O3. The number of rotatable bonds is 4. The topological polar surface area (TPSA) is 89.5 Å². The Morgan fingerprint density at radius 3 is 2.76 bits per heavy atom. The largest absolute Gasteiger partial charge is 0.338 e. The van der Waals surface area contributed by atoms with Crippen molar-refractivity contribution in [1.82, 2.24) is 4.90 Å². The standard InChI is InChI=1S/C15H19N3O3/c1-10(11-4-3-5-14(9-11)18(20)21)17(2)15(19)12-6-7-13(16)8-12/h3-7,9-10,12-13H,8,16H2,1-2H3. The highest BCUT2D eigenvalue weighted by Gasteiger charge is 2.28. The minimum absolute atomic E-state index is 0.0155. The van der Waals surface area contributed by atoms with Gasteiger partial charge in [0.25, 0.3) is 5.69 Å². The summed E-state index contributed by atoms with van der Waals surface area (Å²) < 4.78 is 0. The molecule has 0 aliphatic heterocycles. The van der Waals surface area contributed by atoms with Crippen molar-refractivity contribution < 1.29 is 9.72 Å². The normalized spacial score (nSPS) is 22.0. The molecule has 0 fully saturated rings. The minimum Gasteiger partial charge on any atom is -0.338 e. The van der Waals surface area contributed by atoms with Gasteiger partial charge in [0.15, 0.2) is 0 Å². The van der Waals surface area contributed by atoms with Gasteiger partial charge >= 0.3 is 0 Å². The third-order valence-electron chi connectivity index (χ3n) is 3.93. The summed E-state index contributed by atoms with van der Waals surface area (Å²) in [6.07, 6.45) is 4.29. The third-order valence-corrected chi connectivity index (χ3v) is 3.93. The lowest BCUT2D eigenvalue weighted by Gasteiger charge is -2.27. The highest BCUT2D eigenvalue weighted by molar-refractivity contribution is 5.81. The molecular weight excluding hydrogens is 270 g/mol. The molecule has 6 nitrogen and oxygen atoms in total. The van der Waals surface area contributed by atoms with Crippen LogP contribution in [0.4, 0.5) is 5.69 Å². The van der Waals surface area contributed by atoms with Crippen LogP contribution in [0, 0.1) is 16.0 Å². The van der Waals surface area contributed by atoms with Crippen LogP contribution >= 0.6 is 0 Å². The van der Waals surface area contributed by atoms with E-state index in [1.807, 2.05) is 19.1 Å². The van der Waals surface area contributed by atoms with Gasteiger partial charge in [-0.05, 0) is 18.9 Å². The number of amides is 1. The van der Waals surface area contributed by atoms with E-state index in [1.54, 1.807) is 24.1 Å². The van der Waals surface area contributed by atoms with E-state index in [-0.39, 0.29) is 29.6 Å². The zero-order valence-electron chi connectivity index (χ0n) is 12.1. The average molecular weight is 289 g/mol. The first-order valence-electron chi connectivity index (χ1n) is 6.85. The number of non-ortho nitro benzene ring substituents is 1. The van der Waals surface area contributed by atoms with Crippen molar-refractivity contribution in [2.75, 3.05) is 7.05 Å². The molecule has 1 aliphatic carbocycles. The molecule has 3 atom stereocenters. The Hall–Kier alpha value is -2.21. The number of nitro groups is 1. The van der Waals surface area contributed by atoms with Gasteiger partial charge in [-0.1, -0.05) is 24.3 Å². The minimum atomic E-state index is -0.434. The Bertz CT molecular complexity index is 585. The maximum Gasteiger partial charge on any atom is 0.269 e. The van der Waals surface area contributed by atoms with Crippen LogP contribution in [0.15, 0.2) is 36.4 Å². The Morgan fingerprint density at radius 1 is 1.48 bits per heavy atom. The van der Waals surface area contributed by atoms with E-state index in [2.05, 4.69) is 0 Å². The van der Waals surface area contributed by atoms with Gasteiger partial charge in [0.2, 0.25) is 5.91 Å². The summed E-state index contributed by atoms with van der Waals surface area (Å²) in [4.78, 5) is 24.4. The van der Waals surface area contributed by atoms with Gasteiger partial charge in [-0.3, -0.25) is 14.9 Å². The number of carbonyl (C=O) groups is 1. The van der Waals surface area contributed by atoms with Crippen molar-refractivity contribution in [2.45, 2.75) is 25.4 Å². The van der Waals surface area contributed by atoms with Gasteiger partial charge in [-0.15, -0.1) is 0 Å². The van der Waals surface area contributed by atoms with Crippen molar-refractivity contribution in [3.63, 3.8) is 0 Å². The van der Waals surface area contributed by atoms with Crippen LogP contribution in [-0.2, 0) is 4.79 Å². The number of carbonyl (C=O) groups excluding carboxylic acids is 1. The molecule has 0 spiro atoms. The molecule has 112 valence electrons. The molecule has 0 saturated heterocycles. The van der Waals surface area contributed by atoms with Crippen LogP contribution < -0.4 is 5.73 Å². The SMILES string of the molecule is CC(c1cccc([N+](=O)[O-])c1)N(C)C(=O)C1C=CC(N)C1. The molecule has 0 saturated carbocycles. The molecule has 2 rings (SSSR count). The highest BCUT2D eigenvalue weighted by Crippen LogP contribution is 2.26. The fraction of sp³-hybridized carbons (Fsp3) is 0.400. The molecule has 1 aromatic rings. The van der Waals surface area contributed by atoms with Crippen LogP contribution in [0.3, 0.4) is 0 Å². The summed E-state index contributed by atoms with van der Waals surface area (Å²) in [5, 5.41) is 10.8. The number of hydrogen-bond acceptors (Lipinski definition) is 4. The van der Waals surface area contributed by atoms with Crippen LogP contribution in [0.2, 0.25) is 0 Å². The first kappa shape index (κ1) is 15.2. The quantitative estimate of drug-likeness (QED) is 0.521. The third kappa shape index (κ3) is 3.28. The van der Waals surface area contributed by atoms with Gasteiger partial charge in [0, 0.05) is 25.2 Å². The number of benzene rings is 1. The molecule has 0 radical (unpaired) electrons. The summed E-state index contributed by atoms with van der Waals surface area (Å²) >= 11 is 0. The lowest BCUT2D eigenvalue weighted by molar-refractivity contribution is -0.384. The van der Waals surface area contributed by atoms with Crippen molar-refractivity contribution >= 4 is 11.6 Å². The van der Waals surface area contributed by atoms with Crippen LogP contribution in [-0.4, -0.2) is 28.8 Å². The van der Waals surface area contributed by atoms with E-state index in [0.717, 1.165) is 5.56 Å². The Morgan fingerprint density at radius 2 is 2.19 bits per heavy atom. The number of nitro benzene ring substituents is 1. The zero-order valence-corrected chi connectivity index (χ0v) is 12.1. The van der Waals surface area contributed by atoms with Crippen LogP contribution in [0.5, 0.6) is 0 Å². The monoisotopic (exact) mass is 289 g/mol. The van der Waals surface area contributed by atoms with E-state index < -0.39 is 4.92 Å². The summed E-state index contributed by atoms with van der Waals surface area (Å²) in [6, 6.07) is 6.07. The molecule has 3 unspecified atom stereocenters. The molecule has 1 aromatic carbocycles. The van der Waals surface area contributed by atoms with E-state index in [0.29, 0.717) is 6.42 Å². The highest BCUT2D eigenvalue weighted by atomic mass is 16.6. The maximum atomic E-state index is 12.4. The smallest absolute Gasteiger partial charge is 0.269 e. The molecule has 0 bridgehead atoms. The van der Waals surface area contributed by atoms with Gasteiger partial charge < -0.3 is 10.6 Å². The molecule has 1 aliphatic rings. The fourth-order valence-electron chi connectivity index (χ4n) is 2.48. The van der Waals surface area contributed by atoms with Crippen molar-refractivity contribution in [3.8, 4) is 0 Å². The second kappa shape index (κ2) is 6.05. The van der Waals surface area contributed by atoms with Gasteiger partial charge in [0.05, 0.1) is 16.9 Å². The second-order valence-electron chi connectivity index (χ2n) is 5.37.